The monoisotopic (exact) mass is 458 g/mol. The summed E-state index contributed by atoms with van der Waals surface area (Å²) in [5, 5.41) is 9.47. The SMILES string of the molecule is CCOc1ccc(NC(=O)COc2ccc(Cl)cc2/C=N\NC(=O)C(=O)NC2CC2)cc1. The van der Waals surface area contributed by atoms with Crippen molar-refractivity contribution in [3.8, 4) is 11.5 Å². The first-order valence-corrected chi connectivity index (χ1v) is 10.4. The Morgan fingerprint density at radius 2 is 1.84 bits per heavy atom. The van der Waals surface area contributed by atoms with Crippen LogP contribution in [-0.4, -0.2) is 43.2 Å². The van der Waals surface area contributed by atoms with Crippen molar-refractivity contribution in [2.45, 2.75) is 25.8 Å². The van der Waals surface area contributed by atoms with Crippen molar-refractivity contribution < 1.29 is 23.9 Å². The molecule has 0 bridgehead atoms. The second kappa shape index (κ2) is 11.1. The molecule has 0 saturated heterocycles. The summed E-state index contributed by atoms with van der Waals surface area (Å²) in [4.78, 5) is 35.6. The summed E-state index contributed by atoms with van der Waals surface area (Å²) in [7, 11) is 0. The number of carbonyl (C=O) groups is 3. The van der Waals surface area contributed by atoms with Gasteiger partial charge in [0.05, 0.1) is 12.8 Å². The third-order valence-electron chi connectivity index (χ3n) is 4.27. The fourth-order valence-corrected chi connectivity index (χ4v) is 2.76. The van der Waals surface area contributed by atoms with E-state index in [1.165, 1.54) is 6.21 Å². The van der Waals surface area contributed by atoms with E-state index in [2.05, 4.69) is 21.2 Å². The van der Waals surface area contributed by atoms with Crippen molar-refractivity contribution in [3.63, 3.8) is 0 Å². The Labute approximate surface area is 190 Å². The predicted molar refractivity (Wildman–Crippen MR) is 120 cm³/mol. The summed E-state index contributed by atoms with van der Waals surface area (Å²) in [6.07, 6.45) is 3.03. The Bertz CT molecular complexity index is 1010. The molecule has 3 amide bonds. The number of ether oxygens (including phenoxy) is 2. The zero-order chi connectivity index (χ0) is 22.9. The lowest BCUT2D eigenvalue weighted by molar-refractivity contribution is -0.139. The normalized spacial score (nSPS) is 12.8. The second-order valence-electron chi connectivity index (χ2n) is 6.92. The van der Waals surface area contributed by atoms with Crippen LogP contribution >= 0.6 is 11.6 Å². The van der Waals surface area contributed by atoms with E-state index in [0.29, 0.717) is 34.4 Å². The lowest BCUT2D eigenvalue weighted by Crippen LogP contribution is -2.38. The van der Waals surface area contributed by atoms with E-state index in [9.17, 15) is 14.4 Å². The average Bonchev–Trinajstić information content (AvgIpc) is 3.58. The van der Waals surface area contributed by atoms with E-state index in [-0.39, 0.29) is 18.6 Å². The standard InChI is InChI=1S/C22H23ClN4O5/c1-2-31-18-8-6-16(7-9-18)25-20(28)13-32-19-10-3-15(23)11-14(19)12-24-27-22(30)21(29)26-17-4-5-17/h3,6-12,17H,2,4-5,13H2,1H3,(H,25,28)(H,26,29)(H,27,30)/b24-12-. The molecule has 3 N–H and O–H groups in total. The van der Waals surface area contributed by atoms with E-state index in [4.69, 9.17) is 21.1 Å². The molecule has 0 unspecified atom stereocenters. The molecule has 0 radical (unpaired) electrons. The maximum absolute atomic E-state index is 12.2. The van der Waals surface area contributed by atoms with Crippen LogP contribution in [0.5, 0.6) is 11.5 Å². The number of hydrogen-bond donors (Lipinski definition) is 3. The van der Waals surface area contributed by atoms with Crippen molar-refractivity contribution in [3.05, 3.63) is 53.1 Å². The van der Waals surface area contributed by atoms with Gasteiger partial charge in [0.15, 0.2) is 6.61 Å². The van der Waals surface area contributed by atoms with Gasteiger partial charge in [0, 0.05) is 22.3 Å². The molecule has 9 nitrogen and oxygen atoms in total. The van der Waals surface area contributed by atoms with Crippen LogP contribution in [0.2, 0.25) is 5.02 Å². The molecule has 0 spiro atoms. The Hall–Kier alpha value is -3.59. The fourth-order valence-electron chi connectivity index (χ4n) is 2.58. The van der Waals surface area contributed by atoms with Gasteiger partial charge in [-0.2, -0.15) is 5.10 Å². The number of hydrogen-bond acceptors (Lipinski definition) is 6. The smallest absolute Gasteiger partial charge is 0.329 e. The van der Waals surface area contributed by atoms with Crippen molar-refractivity contribution in [2.75, 3.05) is 18.5 Å². The Morgan fingerprint density at radius 1 is 1.09 bits per heavy atom. The van der Waals surface area contributed by atoms with Gasteiger partial charge < -0.3 is 20.1 Å². The molecule has 1 fully saturated rings. The summed E-state index contributed by atoms with van der Waals surface area (Å²) in [5.74, 6) is -0.928. The third-order valence-corrected chi connectivity index (χ3v) is 4.50. The van der Waals surface area contributed by atoms with E-state index in [0.717, 1.165) is 12.8 Å². The van der Waals surface area contributed by atoms with Crippen molar-refractivity contribution >= 4 is 41.2 Å². The minimum absolute atomic E-state index is 0.0684. The topological polar surface area (TPSA) is 118 Å². The molecule has 168 valence electrons. The average molecular weight is 459 g/mol. The number of nitrogens with one attached hydrogen (secondary N) is 3. The maximum atomic E-state index is 12.2. The number of hydrazone groups is 1. The molecule has 32 heavy (non-hydrogen) atoms. The molecule has 1 saturated carbocycles. The first-order chi connectivity index (χ1) is 15.4. The molecule has 2 aromatic rings. The van der Waals surface area contributed by atoms with Crippen LogP contribution in [0.1, 0.15) is 25.3 Å². The molecular formula is C22H23ClN4O5. The third kappa shape index (κ3) is 7.28. The molecule has 0 aliphatic heterocycles. The van der Waals surface area contributed by atoms with E-state index in [1.807, 2.05) is 6.92 Å². The van der Waals surface area contributed by atoms with Crippen LogP contribution in [0.3, 0.4) is 0 Å². The molecule has 1 aliphatic rings. The first kappa shape index (κ1) is 23.1. The quantitative estimate of drug-likeness (QED) is 0.303. The summed E-state index contributed by atoms with van der Waals surface area (Å²) in [5.41, 5.74) is 3.18. The molecular weight excluding hydrogens is 436 g/mol. The van der Waals surface area contributed by atoms with E-state index in [1.54, 1.807) is 42.5 Å². The van der Waals surface area contributed by atoms with Gasteiger partial charge in [0.25, 0.3) is 5.91 Å². The molecule has 0 atom stereocenters. The van der Waals surface area contributed by atoms with Gasteiger partial charge in [-0.15, -0.1) is 0 Å². The van der Waals surface area contributed by atoms with Gasteiger partial charge in [-0.1, -0.05) is 11.6 Å². The zero-order valence-corrected chi connectivity index (χ0v) is 18.1. The number of halogens is 1. The predicted octanol–water partition coefficient (Wildman–Crippen LogP) is 2.48. The summed E-state index contributed by atoms with van der Waals surface area (Å²) >= 11 is 6.02. The fraction of sp³-hybridized carbons (Fsp3) is 0.273. The van der Waals surface area contributed by atoms with Crippen LogP contribution in [0.4, 0.5) is 5.69 Å². The number of anilines is 1. The largest absolute Gasteiger partial charge is 0.494 e. The Balaban J connectivity index is 1.53. The van der Waals surface area contributed by atoms with E-state index < -0.39 is 11.8 Å². The number of amides is 3. The number of rotatable bonds is 9. The molecule has 10 heteroatoms. The molecule has 0 heterocycles. The van der Waals surface area contributed by atoms with Gasteiger partial charge in [-0.05, 0) is 62.2 Å². The number of benzene rings is 2. The first-order valence-electron chi connectivity index (χ1n) is 10.0. The summed E-state index contributed by atoms with van der Waals surface area (Å²) in [6.45, 7) is 2.19. The highest BCUT2D eigenvalue weighted by Gasteiger charge is 2.26. The Kier molecular flexibility index (Phi) is 8.04. The van der Waals surface area contributed by atoms with Gasteiger partial charge >= 0.3 is 11.8 Å². The highest BCUT2D eigenvalue weighted by Crippen LogP contribution is 2.22. The zero-order valence-electron chi connectivity index (χ0n) is 17.4. The van der Waals surface area contributed by atoms with Gasteiger partial charge in [-0.3, -0.25) is 14.4 Å². The van der Waals surface area contributed by atoms with Crippen molar-refractivity contribution in [1.29, 1.82) is 0 Å². The summed E-state index contributed by atoms with van der Waals surface area (Å²) < 4.78 is 10.9. The molecule has 1 aliphatic carbocycles. The highest BCUT2D eigenvalue weighted by molar-refractivity contribution is 6.35. The number of nitrogens with zero attached hydrogens (tertiary/aromatic N) is 1. The van der Waals surface area contributed by atoms with Crippen LogP contribution in [-0.2, 0) is 14.4 Å². The van der Waals surface area contributed by atoms with Gasteiger partial charge in [-0.25, -0.2) is 5.43 Å². The van der Waals surface area contributed by atoms with Gasteiger partial charge in [0.1, 0.15) is 11.5 Å². The molecule has 2 aromatic carbocycles. The highest BCUT2D eigenvalue weighted by atomic mass is 35.5. The van der Waals surface area contributed by atoms with Crippen LogP contribution in [0.25, 0.3) is 0 Å². The van der Waals surface area contributed by atoms with Crippen molar-refractivity contribution in [2.24, 2.45) is 5.10 Å². The van der Waals surface area contributed by atoms with Crippen molar-refractivity contribution in [1.82, 2.24) is 10.7 Å². The lowest BCUT2D eigenvalue weighted by Gasteiger charge is -2.10. The van der Waals surface area contributed by atoms with Gasteiger partial charge in [0.2, 0.25) is 0 Å². The maximum Gasteiger partial charge on any atom is 0.329 e. The van der Waals surface area contributed by atoms with Crippen LogP contribution in [0, 0.1) is 0 Å². The summed E-state index contributed by atoms with van der Waals surface area (Å²) in [6, 6.07) is 11.8. The van der Waals surface area contributed by atoms with Crippen LogP contribution in [0.15, 0.2) is 47.6 Å². The van der Waals surface area contributed by atoms with Crippen LogP contribution < -0.4 is 25.5 Å². The second-order valence-corrected chi connectivity index (χ2v) is 7.36. The molecule has 3 rings (SSSR count). The molecule has 0 aromatic heterocycles. The van der Waals surface area contributed by atoms with E-state index >= 15 is 0 Å². The Morgan fingerprint density at radius 3 is 2.53 bits per heavy atom. The minimum Gasteiger partial charge on any atom is -0.494 e. The minimum atomic E-state index is -0.868. The lowest BCUT2D eigenvalue weighted by atomic mass is 10.2. The number of carbonyl (C=O) groups excluding carboxylic acids is 3.